The molecular weight excluding hydrogens is 642 g/mol. The van der Waals surface area contributed by atoms with Crippen molar-refractivity contribution >= 4 is 17.9 Å². The zero-order chi connectivity index (χ0) is 37.8. The summed E-state index contributed by atoms with van der Waals surface area (Å²) in [6.45, 7) is 4.58. The van der Waals surface area contributed by atoms with Gasteiger partial charge in [-0.25, -0.2) is 0 Å². The van der Waals surface area contributed by atoms with Crippen molar-refractivity contribution in [3.63, 3.8) is 0 Å². The molecule has 0 bridgehead atoms. The monoisotopic (exact) mass is 722 g/mol. The number of allylic oxidation sites excluding steroid dienone is 4. The molecule has 0 N–H and O–H groups in total. The Morgan fingerprint density at radius 3 is 1.59 bits per heavy atom. The number of esters is 2. The first-order valence-corrected chi connectivity index (χ1v) is 20.9. The molecule has 0 aromatic carbocycles. The van der Waals surface area contributed by atoms with E-state index in [9.17, 15) is 19.5 Å². The van der Waals surface area contributed by atoms with Gasteiger partial charge in [0.1, 0.15) is 12.6 Å². The molecule has 0 fully saturated rings. The van der Waals surface area contributed by atoms with Crippen molar-refractivity contribution in [3.8, 4) is 0 Å². The van der Waals surface area contributed by atoms with Gasteiger partial charge >= 0.3 is 11.9 Å². The normalized spacial score (nSPS) is 13.2. The lowest BCUT2D eigenvalue weighted by Crippen LogP contribution is -2.55. The minimum absolute atomic E-state index is 0.0384. The highest BCUT2D eigenvalue weighted by atomic mass is 16.6. The second-order valence-corrected chi connectivity index (χ2v) is 15.2. The first-order chi connectivity index (χ1) is 24.6. The van der Waals surface area contributed by atoms with E-state index >= 15 is 0 Å². The number of carbonyl (C=O) groups excluding carboxylic acids is 3. The standard InChI is InChI=1S/C43H79NO7/c1-6-8-10-12-14-16-18-20-22-23-25-27-29-31-33-41(45)50-38-39(37-49-36-35-40(43(47)48)44(3,4)5)51-42(46)34-32-30-28-26-24-21-19-17-15-13-11-9-7-2/h11,13,17,19,39-40H,6-10,12,14-16,18,20-38H2,1-5H3/b13-11-,19-17-. The Balaban J connectivity index is 4.38. The number of aliphatic carboxylic acids is 1. The van der Waals surface area contributed by atoms with Crippen LogP contribution in [-0.4, -0.2) is 75.5 Å². The maximum absolute atomic E-state index is 12.7. The van der Waals surface area contributed by atoms with Crippen LogP contribution in [0.2, 0.25) is 0 Å². The summed E-state index contributed by atoms with van der Waals surface area (Å²) in [6.07, 6.45) is 36.2. The van der Waals surface area contributed by atoms with E-state index in [0.29, 0.717) is 12.8 Å². The maximum Gasteiger partial charge on any atom is 0.306 e. The van der Waals surface area contributed by atoms with Gasteiger partial charge in [-0.05, 0) is 38.5 Å². The van der Waals surface area contributed by atoms with Gasteiger partial charge in [0.05, 0.1) is 40.3 Å². The SMILES string of the molecule is CCC/C=C\C/C=C\CCCCCCCC(=O)OC(COCCC(C(=O)[O-])[N+](C)(C)C)COC(=O)CCCCCCCCCCCCCCCC. The summed E-state index contributed by atoms with van der Waals surface area (Å²) >= 11 is 0. The van der Waals surface area contributed by atoms with E-state index in [1.165, 1.54) is 77.0 Å². The number of likely N-dealkylation sites (N-methyl/N-ethyl adjacent to an activating group) is 1. The molecule has 298 valence electrons. The summed E-state index contributed by atoms with van der Waals surface area (Å²) in [5.41, 5.74) is 0. The van der Waals surface area contributed by atoms with Gasteiger partial charge in [-0.2, -0.15) is 0 Å². The molecule has 0 saturated carbocycles. The highest BCUT2D eigenvalue weighted by Gasteiger charge is 2.25. The van der Waals surface area contributed by atoms with Gasteiger partial charge < -0.3 is 28.6 Å². The molecule has 0 aliphatic carbocycles. The van der Waals surface area contributed by atoms with Gasteiger partial charge in [-0.15, -0.1) is 0 Å². The first-order valence-electron chi connectivity index (χ1n) is 20.9. The fourth-order valence-corrected chi connectivity index (χ4v) is 6.05. The molecule has 0 aromatic heterocycles. The molecule has 0 amide bonds. The summed E-state index contributed by atoms with van der Waals surface area (Å²) in [4.78, 5) is 36.7. The Labute approximate surface area is 313 Å². The fraction of sp³-hybridized carbons (Fsp3) is 0.837. The van der Waals surface area contributed by atoms with Gasteiger partial charge in [0, 0.05) is 19.3 Å². The average molecular weight is 722 g/mol. The van der Waals surface area contributed by atoms with Crippen LogP contribution in [0.4, 0.5) is 0 Å². The third-order valence-electron chi connectivity index (χ3n) is 9.32. The fourth-order valence-electron chi connectivity index (χ4n) is 6.05. The first kappa shape index (κ1) is 48.8. The van der Waals surface area contributed by atoms with Crippen LogP contribution in [0.25, 0.3) is 0 Å². The van der Waals surface area contributed by atoms with Crippen LogP contribution >= 0.6 is 0 Å². The zero-order valence-corrected chi connectivity index (χ0v) is 33.8. The smallest absolute Gasteiger partial charge is 0.306 e. The predicted octanol–water partition coefficient (Wildman–Crippen LogP) is 9.58. The van der Waals surface area contributed by atoms with Crippen LogP contribution in [0.5, 0.6) is 0 Å². The van der Waals surface area contributed by atoms with Gasteiger partial charge in [-0.3, -0.25) is 9.59 Å². The number of ether oxygens (including phenoxy) is 3. The van der Waals surface area contributed by atoms with Crippen molar-refractivity contribution in [2.24, 2.45) is 0 Å². The van der Waals surface area contributed by atoms with Crippen molar-refractivity contribution in [1.82, 2.24) is 0 Å². The molecule has 51 heavy (non-hydrogen) atoms. The molecule has 0 aliphatic heterocycles. The van der Waals surface area contributed by atoms with E-state index in [-0.39, 0.29) is 42.7 Å². The van der Waals surface area contributed by atoms with E-state index in [2.05, 4.69) is 38.2 Å². The van der Waals surface area contributed by atoms with Crippen LogP contribution in [0, 0.1) is 0 Å². The Hall–Kier alpha value is -2.19. The van der Waals surface area contributed by atoms with Gasteiger partial charge in [0.15, 0.2) is 6.10 Å². The number of hydrogen-bond acceptors (Lipinski definition) is 7. The van der Waals surface area contributed by atoms with E-state index < -0.39 is 18.1 Å². The van der Waals surface area contributed by atoms with Crippen LogP contribution in [-0.2, 0) is 28.6 Å². The summed E-state index contributed by atoms with van der Waals surface area (Å²) in [5.74, 6) is -1.75. The number of rotatable bonds is 37. The topological polar surface area (TPSA) is 102 Å². The molecule has 8 heteroatoms. The van der Waals surface area contributed by atoms with Gasteiger partial charge in [-0.1, -0.05) is 147 Å². The number of carbonyl (C=O) groups is 3. The highest BCUT2D eigenvalue weighted by molar-refractivity contribution is 5.70. The van der Waals surface area contributed by atoms with Crippen LogP contribution < -0.4 is 5.11 Å². The number of carboxylic acid groups (broad SMARTS) is 1. The summed E-state index contributed by atoms with van der Waals surface area (Å²) in [5, 5.41) is 11.6. The molecule has 0 aliphatic rings. The van der Waals surface area contributed by atoms with Gasteiger partial charge in [0.25, 0.3) is 0 Å². The van der Waals surface area contributed by atoms with Crippen LogP contribution in [0.15, 0.2) is 24.3 Å². The summed E-state index contributed by atoms with van der Waals surface area (Å²) in [7, 11) is 5.40. The van der Waals surface area contributed by atoms with Crippen molar-refractivity contribution < 1.29 is 38.2 Å². The van der Waals surface area contributed by atoms with E-state index in [1.54, 1.807) is 21.1 Å². The van der Waals surface area contributed by atoms with Gasteiger partial charge in [0.2, 0.25) is 0 Å². The third-order valence-corrected chi connectivity index (χ3v) is 9.32. The molecular formula is C43H79NO7. The molecule has 8 nitrogen and oxygen atoms in total. The molecule has 0 heterocycles. The van der Waals surface area contributed by atoms with E-state index in [0.717, 1.165) is 70.6 Å². The molecule has 0 aromatic rings. The number of hydrogen-bond donors (Lipinski definition) is 0. The number of carboxylic acids is 1. The lowest BCUT2D eigenvalue weighted by molar-refractivity contribution is -0.889. The quantitative estimate of drug-likeness (QED) is 0.0273. The third kappa shape index (κ3) is 33.4. The van der Waals surface area contributed by atoms with Crippen molar-refractivity contribution in [2.45, 2.75) is 193 Å². The number of unbranched alkanes of at least 4 members (excludes halogenated alkanes) is 19. The largest absolute Gasteiger partial charge is 0.544 e. The van der Waals surface area contributed by atoms with Crippen LogP contribution in [0.3, 0.4) is 0 Å². The Bertz CT molecular complexity index is 895. The molecule has 0 spiro atoms. The lowest BCUT2D eigenvalue weighted by Gasteiger charge is -2.34. The summed E-state index contributed by atoms with van der Waals surface area (Å²) < 4.78 is 17.1. The van der Waals surface area contributed by atoms with Crippen molar-refractivity contribution in [1.29, 1.82) is 0 Å². The van der Waals surface area contributed by atoms with E-state index in [4.69, 9.17) is 14.2 Å². The predicted molar refractivity (Wildman–Crippen MR) is 208 cm³/mol. The Kier molecular flexibility index (Phi) is 33.4. The summed E-state index contributed by atoms with van der Waals surface area (Å²) in [6, 6.07) is -0.724. The maximum atomic E-state index is 12.7. The minimum Gasteiger partial charge on any atom is -0.544 e. The molecule has 2 unspecified atom stereocenters. The second kappa shape index (κ2) is 34.9. The number of nitrogens with zero attached hydrogens (tertiary/aromatic N) is 1. The highest BCUT2D eigenvalue weighted by Crippen LogP contribution is 2.15. The molecule has 0 saturated heterocycles. The minimum atomic E-state index is -1.13. The Morgan fingerprint density at radius 2 is 1.08 bits per heavy atom. The lowest BCUT2D eigenvalue weighted by atomic mass is 10.0. The number of quaternary nitrogens is 1. The second-order valence-electron chi connectivity index (χ2n) is 15.2. The average Bonchev–Trinajstić information content (AvgIpc) is 3.08. The zero-order valence-electron chi connectivity index (χ0n) is 33.8. The van der Waals surface area contributed by atoms with Crippen molar-refractivity contribution in [2.75, 3.05) is 41.0 Å². The molecule has 2 atom stereocenters. The molecule has 0 radical (unpaired) electrons. The Morgan fingerprint density at radius 1 is 0.588 bits per heavy atom. The van der Waals surface area contributed by atoms with Crippen molar-refractivity contribution in [3.05, 3.63) is 24.3 Å². The van der Waals surface area contributed by atoms with Crippen LogP contribution in [0.1, 0.15) is 181 Å². The van der Waals surface area contributed by atoms with E-state index in [1.807, 2.05) is 0 Å². The molecule has 0 rings (SSSR count).